The van der Waals surface area contributed by atoms with Crippen LogP contribution in [0.3, 0.4) is 0 Å². The van der Waals surface area contributed by atoms with Gasteiger partial charge in [0.1, 0.15) is 12.6 Å². The SMILES string of the molecule is CC(C)(C)OC[C@H](NC(=O)OCC1c2ccccc2-c2ccccc21)C(=O)NCCc1ccc(O)c(O)c1. The number of hydrogen-bond donors (Lipinski definition) is 4. The van der Waals surface area contributed by atoms with Crippen LogP contribution in [0.2, 0.25) is 0 Å². The number of hydrogen-bond acceptors (Lipinski definition) is 6. The van der Waals surface area contributed by atoms with Crippen LogP contribution in [0.1, 0.15) is 43.4 Å². The molecular formula is C30H34N2O6. The Morgan fingerprint density at radius 2 is 1.55 bits per heavy atom. The van der Waals surface area contributed by atoms with E-state index in [1.807, 2.05) is 57.2 Å². The van der Waals surface area contributed by atoms with E-state index in [1.165, 1.54) is 12.1 Å². The molecule has 4 N–H and O–H groups in total. The highest BCUT2D eigenvalue weighted by atomic mass is 16.5. The smallest absolute Gasteiger partial charge is 0.407 e. The first-order valence-electron chi connectivity index (χ1n) is 12.7. The van der Waals surface area contributed by atoms with Crippen LogP contribution in [-0.2, 0) is 20.7 Å². The number of amides is 2. The summed E-state index contributed by atoms with van der Waals surface area (Å²) in [5.41, 5.74) is 4.71. The molecule has 0 radical (unpaired) electrons. The van der Waals surface area contributed by atoms with E-state index in [4.69, 9.17) is 9.47 Å². The molecule has 3 aromatic carbocycles. The van der Waals surface area contributed by atoms with E-state index in [-0.39, 0.29) is 37.2 Å². The first-order chi connectivity index (χ1) is 18.1. The van der Waals surface area contributed by atoms with Gasteiger partial charge in [-0.1, -0.05) is 54.6 Å². The van der Waals surface area contributed by atoms with Crippen LogP contribution in [0, 0.1) is 0 Å². The summed E-state index contributed by atoms with van der Waals surface area (Å²) >= 11 is 0. The number of carbonyl (C=O) groups excluding carboxylic acids is 2. The Bertz CT molecular complexity index is 1250. The number of nitrogens with one attached hydrogen (secondary N) is 2. The number of benzene rings is 3. The van der Waals surface area contributed by atoms with Crippen molar-refractivity contribution < 1.29 is 29.3 Å². The first kappa shape index (κ1) is 27.0. The van der Waals surface area contributed by atoms with E-state index in [1.54, 1.807) is 6.07 Å². The third-order valence-corrected chi connectivity index (χ3v) is 6.39. The molecule has 1 atom stereocenters. The second-order valence-electron chi connectivity index (χ2n) is 10.3. The van der Waals surface area contributed by atoms with Gasteiger partial charge in [0.15, 0.2) is 11.5 Å². The zero-order valence-electron chi connectivity index (χ0n) is 21.9. The number of ether oxygens (including phenoxy) is 2. The lowest BCUT2D eigenvalue weighted by Gasteiger charge is -2.25. The van der Waals surface area contributed by atoms with Gasteiger partial charge in [-0.3, -0.25) is 4.79 Å². The maximum Gasteiger partial charge on any atom is 0.407 e. The lowest BCUT2D eigenvalue weighted by molar-refractivity contribution is -0.126. The monoisotopic (exact) mass is 518 g/mol. The summed E-state index contributed by atoms with van der Waals surface area (Å²) in [5.74, 6) is -0.926. The highest BCUT2D eigenvalue weighted by Gasteiger charge is 2.30. The highest BCUT2D eigenvalue weighted by Crippen LogP contribution is 2.44. The zero-order valence-corrected chi connectivity index (χ0v) is 21.9. The average Bonchev–Trinajstić information content (AvgIpc) is 3.20. The van der Waals surface area contributed by atoms with Gasteiger partial charge in [0, 0.05) is 12.5 Å². The van der Waals surface area contributed by atoms with E-state index < -0.39 is 23.6 Å². The van der Waals surface area contributed by atoms with Crippen molar-refractivity contribution in [1.82, 2.24) is 10.6 Å². The van der Waals surface area contributed by atoms with Gasteiger partial charge >= 0.3 is 6.09 Å². The number of aromatic hydroxyl groups is 2. The molecule has 1 aliphatic carbocycles. The molecule has 0 saturated heterocycles. The van der Waals surface area contributed by atoms with Gasteiger partial charge in [-0.2, -0.15) is 0 Å². The number of phenols is 2. The lowest BCUT2D eigenvalue weighted by Crippen LogP contribution is -2.51. The second-order valence-corrected chi connectivity index (χ2v) is 10.3. The standard InChI is InChI=1S/C30H34N2O6/c1-30(2,3)38-18-25(28(35)31-15-14-19-12-13-26(33)27(34)16-19)32-29(36)37-17-24-22-10-6-4-8-20(22)21-9-5-7-11-23(21)24/h4-13,16,24-25,33-34H,14-15,17-18H2,1-3H3,(H,31,35)(H,32,36)/t25-/m0/s1. The normalized spacial score (nSPS) is 13.3. The summed E-state index contributed by atoms with van der Waals surface area (Å²) in [6.07, 6.45) is -0.273. The Kier molecular flexibility index (Phi) is 8.22. The predicted octanol–water partition coefficient (Wildman–Crippen LogP) is 4.48. The van der Waals surface area contributed by atoms with Crippen molar-refractivity contribution in [2.75, 3.05) is 19.8 Å². The summed E-state index contributed by atoms with van der Waals surface area (Å²) in [6, 6.07) is 19.7. The molecule has 0 aliphatic heterocycles. The minimum Gasteiger partial charge on any atom is -0.504 e. The molecule has 3 aromatic rings. The second kappa shape index (κ2) is 11.6. The lowest BCUT2D eigenvalue weighted by atomic mass is 9.98. The molecule has 0 aromatic heterocycles. The van der Waals surface area contributed by atoms with Crippen LogP contribution < -0.4 is 10.6 Å². The Morgan fingerprint density at radius 1 is 0.921 bits per heavy atom. The molecule has 4 rings (SSSR count). The van der Waals surface area contributed by atoms with Gasteiger partial charge in [-0.25, -0.2) is 4.79 Å². The van der Waals surface area contributed by atoms with Gasteiger partial charge in [-0.15, -0.1) is 0 Å². The summed E-state index contributed by atoms with van der Waals surface area (Å²) < 4.78 is 11.4. The van der Waals surface area contributed by atoms with E-state index in [0.29, 0.717) is 6.42 Å². The third-order valence-electron chi connectivity index (χ3n) is 6.39. The topological polar surface area (TPSA) is 117 Å². The van der Waals surface area contributed by atoms with Crippen LogP contribution in [0.15, 0.2) is 66.7 Å². The highest BCUT2D eigenvalue weighted by molar-refractivity contribution is 5.86. The van der Waals surface area contributed by atoms with E-state index in [2.05, 4.69) is 22.8 Å². The molecule has 8 nitrogen and oxygen atoms in total. The molecule has 0 fully saturated rings. The molecule has 0 spiro atoms. The molecular weight excluding hydrogens is 484 g/mol. The Labute approximate surface area is 222 Å². The van der Waals surface area contributed by atoms with Crippen molar-refractivity contribution in [3.8, 4) is 22.6 Å². The summed E-state index contributed by atoms with van der Waals surface area (Å²) in [5, 5.41) is 24.6. The Balaban J connectivity index is 1.36. The van der Waals surface area contributed by atoms with Crippen LogP contribution in [0.5, 0.6) is 11.5 Å². The van der Waals surface area contributed by atoms with Crippen molar-refractivity contribution in [2.45, 2.75) is 44.8 Å². The zero-order chi connectivity index (χ0) is 27.3. The number of phenolic OH excluding ortho intramolecular Hbond substituents is 2. The molecule has 0 unspecified atom stereocenters. The van der Waals surface area contributed by atoms with E-state index >= 15 is 0 Å². The number of carbonyl (C=O) groups is 2. The number of alkyl carbamates (subject to hydrolysis) is 1. The van der Waals surface area contributed by atoms with Crippen molar-refractivity contribution in [3.05, 3.63) is 83.4 Å². The summed E-state index contributed by atoms with van der Waals surface area (Å²) in [7, 11) is 0. The molecule has 200 valence electrons. The van der Waals surface area contributed by atoms with Crippen molar-refractivity contribution in [3.63, 3.8) is 0 Å². The molecule has 8 heteroatoms. The minimum absolute atomic E-state index is 0.0282. The molecule has 0 bridgehead atoms. The van der Waals surface area contributed by atoms with Gasteiger partial charge in [-0.05, 0) is 67.1 Å². The fraction of sp³-hybridized carbons (Fsp3) is 0.333. The maximum absolute atomic E-state index is 12.9. The van der Waals surface area contributed by atoms with Gasteiger partial charge < -0.3 is 30.3 Å². The largest absolute Gasteiger partial charge is 0.504 e. The Morgan fingerprint density at radius 3 is 2.16 bits per heavy atom. The van der Waals surface area contributed by atoms with E-state index in [9.17, 15) is 19.8 Å². The fourth-order valence-electron chi connectivity index (χ4n) is 4.48. The van der Waals surface area contributed by atoms with E-state index in [0.717, 1.165) is 27.8 Å². The quantitative estimate of drug-likeness (QED) is 0.311. The van der Waals surface area contributed by atoms with Crippen LogP contribution >= 0.6 is 0 Å². The molecule has 1 aliphatic rings. The van der Waals surface area contributed by atoms with Crippen molar-refractivity contribution in [1.29, 1.82) is 0 Å². The summed E-state index contributed by atoms with van der Waals surface area (Å²) in [4.78, 5) is 25.8. The first-order valence-corrected chi connectivity index (χ1v) is 12.7. The molecule has 0 saturated carbocycles. The number of fused-ring (bicyclic) bond motifs is 3. The summed E-state index contributed by atoms with van der Waals surface area (Å²) in [6.45, 7) is 5.98. The molecule has 0 heterocycles. The number of rotatable bonds is 9. The molecule has 38 heavy (non-hydrogen) atoms. The fourth-order valence-corrected chi connectivity index (χ4v) is 4.48. The minimum atomic E-state index is -0.960. The van der Waals surface area contributed by atoms with Crippen LogP contribution in [-0.4, -0.2) is 53.6 Å². The maximum atomic E-state index is 12.9. The van der Waals surface area contributed by atoms with Crippen LogP contribution in [0.25, 0.3) is 11.1 Å². The molecule has 2 amide bonds. The van der Waals surface area contributed by atoms with Crippen molar-refractivity contribution >= 4 is 12.0 Å². The van der Waals surface area contributed by atoms with Gasteiger partial charge in [0.05, 0.1) is 12.2 Å². The van der Waals surface area contributed by atoms with Crippen LogP contribution in [0.4, 0.5) is 4.79 Å². The Hall–Kier alpha value is -4.04. The third kappa shape index (κ3) is 6.63. The van der Waals surface area contributed by atoms with Gasteiger partial charge in [0.2, 0.25) is 5.91 Å². The van der Waals surface area contributed by atoms with Gasteiger partial charge in [0.25, 0.3) is 0 Å². The van der Waals surface area contributed by atoms with Crippen molar-refractivity contribution in [2.24, 2.45) is 0 Å². The predicted molar refractivity (Wildman–Crippen MR) is 144 cm³/mol. The average molecular weight is 519 g/mol.